The fourth-order valence-electron chi connectivity index (χ4n) is 1.06. The summed E-state index contributed by atoms with van der Waals surface area (Å²) >= 11 is 0. The third kappa shape index (κ3) is 1.56. The van der Waals surface area contributed by atoms with Crippen LogP contribution in [-0.2, 0) is 0 Å². The zero-order chi connectivity index (χ0) is 9.10. The fraction of sp³-hybridized carbons (Fsp3) is 0.222. The largest absolute Gasteiger partial charge is 0.464 e. The number of aromatic amines is 1. The first-order valence-electron chi connectivity index (χ1n) is 4.12. The lowest BCUT2D eigenvalue weighted by Gasteiger charge is -1.93. The van der Waals surface area contributed by atoms with Gasteiger partial charge in [0.25, 0.3) is 0 Å². The van der Waals surface area contributed by atoms with Crippen LogP contribution in [0.1, 0.15) is 6.92 Å². The van der Waals surface area contributed by atoms with Gasteiger partial charge in [-0.15, -0.1) is 0 Å². The molecule has 68 valence electrons. The van der Waals surface area contributed by atoms with Gasteiger partial charge in [-0.3, -0.25) is 0 Å². The summed E-state index contributed by atoms with van der Waals surface area (Å²) in [6, 6.07) is 3.78. The van der Waals surface area contributed by atoms with Crippen molar-refractivity contribution in [2.24, 2.45) is 0 Å². The van der Waals surface area contributed by atoms with E-state index in [-0.39, 0.29) is 0 Å². The number of nitrogens with zero attached hydrogens (tertiary/aromatic N) is 1. The first-order valence-corrected chi connectivity index (χ1v) is 4.12. The number of rotatable bonds is 3. The highest BCUT2D eigenvalue weighted by Crippen LogP contribution is 2.20. The molecule has 0 saturated carbocycles. The van der Waals surface area contributed by atoms with Crippen molar-refractivity contribution in [2.75, 3.05) is 6.61 Å². The number of aromatic nitrogens is 2. The van der Waals surface area contributed by atoms with Crippen LogP contribution in [0.15, 0.2) is 28.9 Å². The summed E-state index contributed by atoms with van der Waals surface area (Å²) in [7, 11) is 0. The highest BCUT2D eigenvalue weighted by atomic mass is 16.6. The summed E-state index contributed by atoms with van der Waals surface area (Å²) in [6.45, 7) is 2.48. The molecule has 0 spiro atoms. The van der Waals surface area contributed by atoms with Crippen molar-refractivity contribution in [3.05, 3.63) is 24.5 Å². The van der Waals surface area contributed by atoms with Crippen molar-refractivity contribution in [1.29, 1.82) is 0 Å². The average molecular weight is 178 g/mol. The maximum absolute atomic E-state index is 5.30. The SMILES string of the molecule is CCOc1cnc(-c2ccc[nH]2)o1. The number of oxazole rings is 1. The monoisotopic (exact) mass is 178 g/mol. The van der Waals surface area contributed by atoms with Gasteiger partial charge in [0.15, 0.2) is 0 Å². The molecular formula is C9H10N2O2. The molecule has 4 heteroatoms. The molecule has 2 heterocycles. The van der Waals surface area contributed by atoms with E-state index in [1.165, 1.54) is 0 Å². The van der Waals surface area contributed by atoms with Gasteiger partial charge in [0.2, 0.25) is 5.89 Å². The second-order valence-corrected chi connectivity index (χ2v) is 2.50. The molecule has 2 aromatic heterocycles. The Labute approximate surface area is 75.6 Å². The van der Waals surface area contributed by atoms with Gasteiger partial charge in [0.05, 0.1) is 6.61 Å². The van der Waals surface area contributed by atoms with Crippen LogP contribution in [0.5, 0.6) is 5.95 Å². The highest BCUT2D eigenvalue weighted by molar-refractivity contribution is 5.46. The molecule has 1 N–H and O–H groups in total. The van der Waals surface area contributed by atoms with Gasteiger partial charge in [-0.05, 0) is 19.1 Å². The van der Waals surface area contributed by atoms with E-state index < -0.39 is 0 Å². The Hall–Kier alpha value is -1.71. The maximum Gasteiger partial charge on any atom is 0.305 e. The molecule has 0 aliphatic carbocycles. The van der Waals surface area contributed by atoms with E-state index in [9.17, 15) is 0 Å². The van der Waals surface area contributed by atoms with Crippen molar-refractivity contribution in [2.45, 2.75) is 6.92 Å². The average Bonchev–Trinajstić information content (AvgIpc) is 2.70. The first-order chi connectivity index (χ1) is 6.40. The summed E-state index contributed by atoms with van der Waals surface area (Å²) in [6.07, 6.45) is 3.39. The standard InChI is InChI=1S/C9H10N2O2/c1-2-12-8-6-11-9(13-8)7-4-3-5-10-7/h3-6,10H,2H2,1H3. The number of hydrogen-bond acceptors (Lipinski definition) is 3. The van der Waals surface area contributed by atoms with Gasteiger partial charge < -0.3 is 14.1 Å². The number of nitrogens with one attached hydrogen (secondary N) is 1. The molecule has 0 radical (unpaired) electrons. The van der Waals surface area contributed by atoms with E-state index >= 15 is 0 Å². The van der Waals surface area contributed by atoms with Gasteiger partial charge in [0, 0.05) is 6.20 Å². The lowest BCUT2D eigenvalue weighted by Crippen LogP contribution is -1.87. The molecule has 0 bridgehead atoms. The van der Waals surface area contributed by atoms with E-state index in [0.717, 1.165) is 5.69 Å². The minimum atomic E-state index is 0.451. The number of H-pyrrole nitrogens is 1. The predicted octanol–water partition coefficient (Wildman–Crippen LogP) is 2.07. The van der Waals surface area contributed by atoms with Gasteiger partial charge in [-0.1, -0.05) is 0 Å². The minimum absolute atomic E-state index is 0.451. The van der Waals surface area contributed by atoms with E-state index in [1.807, 2.05) is 25.3 Å². The summed E-state index contributed by atoms with van der Waals surface area (Å²) in [5.74, 6) is 1.00. The maximum atomic E-state index is 5.30. The Morgan fingerprint density at radius 2 is 2.54 bits per heavy atom. The van der Waals surface area contributed by atoms with Gasteiger partial charge in [0.1, 0.15) is 11.9 Å². The molecule has 0 atom stereocenters. The summed E-state index contributed by atoms with van der Waals surface area (Å²) in [4.78, 5) is 7.05. The van der Waals surface area contributed by atoms with E-state index in [2.05, 4.69) is 9.97 Å². The van der Waals surface area contributed by atoms with Gasteiger partial charge >= 0.3 is 5.95 Å². The fourth-order valence-corrected chi connectivity index (χ4v) is 1.06. The second kappa shape index (κ2) is 3.35. The Morgan fingerprint density at radius 3 is 3.23 bits per heavy atom. The smallest absolute Gasteiger partial charge is 0.305 e. The normalized spacial score (nSPS) is 10.2. The number of hydrogen-bond donors (Lipinski definition) is 1. The number of ether oxygens (including phenoxy) is 1. The zero-order valence-corrected chi connectivity index (χ0v) is 7.28. The Morgan fingerprint density at radius 1 is 1.62 bits per heavy atom. The zero-order valence-electron chi connectivity index (χ0n) is 7.28. The molecule has 0 aromatic carbocycles. The van der Waals surface area contributed by atoms with Gasteiger partial charge in [-0.2, -0.15) is 0 Å². The molecule has 0 amide bonds. The molecule has 0 unspecified atom stereocenters. The van der Waals surface area contributed by atoms with Crippen LogP contribution in [0.25, 0.3) is 11.6 Å². The molecular weight excluding hydrogens is 168 g/mol. The molecule has 13 heavy (non-hydrogen) atoms. The van der Waals surface area contributed by atoms with Crippen molar-refractivity contribution in [3.8, 4) is 17.5 Å². The summed E-state index contributed by atoms with van der Waals surface area (Å²) in [5.41, 5.74) is 0.853. The molecule has 2 rings (SSSR count). The lowest BCUT2D eigenvalue weighted by molar-refractivity contribution is 0.260. The Balaban J connectivity index is 2.23. The van der Waals surface area contributed by atoms with E-state index in [1.54, 1.807) is 6.20 Å². The highest BCUT2D eigenvalue weighted by Gasteiger charge is 2.06. The Bertz CT molecular complexity index is 365. The van der Waals surface area contributed by atoms with Crippen LogP contribution >= 0.6 is 0 Å². The molecule has 0 aliphatic rings. The summed E-state index contributed by atoms with van der Waals surface area (Å²) in [5, 5.41) is 0. The van der Waals surface area contributed by atoms with Crippen LogP contribution in [0, 0.1) is 0 Å². The van der Waals surface area contributed by atoms with Crippen LogP contribution in [0.3, 0.4) is 0 Å². The van der Waals surface area contributed by atoms with E-state index in [0.29, 0.717) is 18.4 Å². The molecule has 0 aliphatic heterocycles. The van der Waals surface area contributed by atoms with E-state index in [4.69, 9.17) is 9.15 Å². The topological polar surface area (TPSA) is 51.0 Å². The van der Waals surface area contributed by atoms with Gasteiger partial charge in [-0.25, -0.2) is 4.98 Å². The van der Waals surface area contributed by atoms with Crippen LogP contribution in [-0.4, -0.2) is 16.6 Å². The lowest BCUT2D eigenvalue weighted by atomic mass is 10.4. The van der Waals surface area contributed by atoms with Crippen molar-refractivity contribution in [1.82, 2.24) is 9.97 Å². The Kier molecular flexibility index (Phi) is 2.04. The van der Waals surface area contributed by atoms with Crippen molar-refractivity contribution in [3.63, 3.8) is 0 Å². The molecule has 2 aromatic rings. The van der Waals surface area contributed by atoms with Crippen LogP contribution in [0.4, 0.5) is 0 Å². The summed E-state index contributed by atoms with van der Waals surface area (Å²) < 4.78 is 10.4. The minimum Gasteiger partial charge on any atom is -0.464 e. The quantitative estimate of drug-likeness (QED) is 0.782. The third-order valence-electron chi connectivity index (χ3n) is 1.60. The van der Waals surface area contributed by atoms with Crippen LogP contribution < -0.4 is 4.74 Å². The van der Waals surface area contributed by atoms with Crippen molar-refractivity contribution >= 4 is 0 Å². The first kappa shape index (κ1) is 7.91. The van der Waals surface area contributed by atoms with Crippen molar-refractivity contribution < 1.29 is 9.15 Å². The second-order valence-electron chi connectivity index (χ2n) is 2.50. The third-order valence-corrected chi connectivity index (χ3v) is 1.60. The van der Waals surface area contributed by atoms with Crippen LogP contribution in [0.2, 0.25) is 0 Å². The molecule has 0 saturated heterocycles. The molecule has 4 nitrogen and oxygen atoms in total. The molecule has 0 fully saturated rings. The predicted molar refractivity (Wildman–Crippen MR) is 47.5 cm³/mol.